The second-order valence-electron chi connectivity index (χ2n) is 4.73. The Morgan fingerprint density at radius 3 is 2.72 bits per heavy atom. The summed E-state index contributed by atoms with van der Waals surface area (Å²) in [5.74, 6) is 1.27. The summed E-state index contributed by atoms with van der Waals surface area (Å²) in [6.45, 7) is 2.29. The molecule has 0 aliphatic carbocycles. The smallest absolute Gasteiger partial charge is 0.108 e. The van der Waals surface area contributed by atoms with Gasteiger partial charge in [-0.3, -0.25) is 0 Å². The van der Waals surface area contributed by atoms with Crippen molar-refractivity contribution in [3.63, 3.8) is 0 Å². The first-order valence-corrected chi connectivity index (χ1v) is 6.35. The molecule has 0 aliphatic heterocycles. The highest BCUT2D eigenvalue weighted by Gasteiger charge is 2.13. The molecule has 0 saturated heterocycles. The van der Waals surface area contributed by atoms with E-state index in [1.54, 1.807) is 0 Å². The molecular formula is C15H20N2O. The van der Waals surface area contributed by atoms with E-state index < -0.39 is 0 Å². The van der Waals surface area contributed by atoms with Gasteiger partial charge in [-0.2, -0.15) is 0 Å². The average molecular weight is 244 g/mol. The normalized spacial score (nSPS) is 12.6. The van der Waals surface area contributed by atoms with Crippen molar-refractivity contribution in [1.82, 2.24) is 9.55 Å². The van der Waals surface area contributed by atoms with Gasteiger partial charge < -0.3 is 9.67 Å². The predicted molar refractivity (Wildman–Crippen MR) is 72.5 cm³/mol. The van der Waals surface area contributed by atoms with Crippen molar-refractivity contribution in [1.29, 1.82) is 0 Å². The van der Waals surface area contributed by atoms with Crippen molar-refractivity contribution in [3.8, 4) is 0 Å². The Kier molecular flexibility index (Phi) is 4.15. The summed E-state index contributed by atoms with van der Waals surface area (Å²) >= 11 is 0. The van der Waals surface area contributed by atoms with Gasteiger partial charge in [-0.25, -0.2) is 4.98 Å². The van der Waals surface area contributed by atoms with Crippen LogP contribution < -0.4 is 0 Å². The molecule has 1 N–H and O–H groups in total. The van der Waals surface area contributed by atoms with E-state index in [0.29, 0.717) is 0 Å². The van der Waals surface area contributed by atoms with Gasteiger partial charge in [0.2, 0.25) is 0 Å². The Bertz CT molecular complexity index is 505. The van der Waals surface area contributed by atoms with Crippen LogP contribution in [0.5, 0.6) is 0 Å². The third-order valence-corrected chi connectivity index (χ3v) is 3.49. The number of nitrogens with zero attached hydrogens (tertiary/aromatic N) is 2. The molecule has 1 aromatic heterocycles. The molecule has 2 rings (SSSR count). The molecule has 0 aliphatic rings. The fraction of sp³-hybridized carbons (Fsp3) is 0.400. The number of hydrogen-bond acceptors (Lipinski definition) is 2. The summed E-state index contributed by atoms with van der Waals surface area (Å²) in [6, 6.07) is 8.27. The van der Waals surface area contributed by atoms with E-state index in [2.05, 4.69) is 24.0 Å². The monoisotopic (exact) mass is 244 g/mol. The molecule has 0 amide bonds. The van der Waals surface area contributed by atoms with Crippen molar-refractivity contribution in [2.24, 2.45) is 7.05 Å². The Morgan fingerprint density at radius 2 is 2.11 bits per heavy atom. The zero-order valence-corrected chi connectivity index (χ0v) is 11.0. The molecular weight excluding hydrogens is 224 g/mol. The lowest BCUT2D eigenvalue weighted by atomic mass is 9.91. The molecule has 0 radical (unpaired) electrons. The molecule has 2 aromatic rings. The first-order chi connectivity index (χ1) is 8.72. The second kappa shape index (κ2) is 5.83. The van der Waals surface area contributed by atoms with Crippen LogP contribution >= 0.6 is 0 Å². The number of hydrogen-bond donors (Lipinski definition) is 1. The first kappa shape index (κ1) is 12.8. The number of aliphatic hydroxyl groups excluding tert-OH is 1. The fourth-order valence-electron chi connectivity index (χ4n) is 2.33. The fourth-order valence-corrected chi connectivity index (χ4v) is 2.33. The minimum Gasteiger partial charge on any atom is -0.396 e. The van der Waals surface area contributed by atoms with Crippen LogP contribution in [0.3, 0.4) is 0 Å². The van der Waals surface area contributed by atoms with Crippen LogP contribution in [0.25, 0.3) is 0 Å². The zero-order chi connectivity index (χ0) is 13.0. The summed E-state index contributed by atoms with van der Waals surface area (Å²) in [6.07, 6.45) is 5.59. The van der Waals surface area contributed by atoms with Crippen LogP contribution in [-0.4, -0.2) is 21.3 Å². The highest BCUT2D eigenvalue weighted by atomic mass is 16.3. The highest BCUT2D eigenvalue weighted by molar-refractivity contribution is 5.29. The summed E-state index contributed by atoms with van der Waals surface area (Å²) < 4.78 is 2.03. The molecule has 18 heavy (non-hydrogen) atoms. The molecule has 0 fully saturated rings. The zero-order valence-electron chi connectivity index (χ0n) is 11.0. The van der Waals surface area contributed by atoms with Gasteiger partial charge in [0, 0.05) is 38.4 Å². The molecule has 0 saturated carbocycles. The van der Waals surface area contributed by atoms with Crippen LogP contribution in [0.1, 0.15) is 29.3 Å². The van der Waals surface area contributed by atoms with Crippen molar-refractivity contribution < 1.29 is 5.11 Å². The summed E-state index contributed by atoms with van der Waals surface area (Å²) in [4.78, 5) is 4.32. The number of aryl methyl sites for hydroxylation is 3. The van der Waals surface area contributed by atoms with Gasteiger partial charge in [-0.15, -0.1) is 0 Å². The van der Waals surface area contributed by atoms with E-state index in [0.717, 1.165) is 18.7 Å². The standard InChI is InChI=1S/C15H20N2O/c1-12-5-3-4-6-14(12)13(11-18)7-8-15-16-9-10-17(15)2/h3-6,9-10,13,18H,7-8,11H2,1-2H3. The predicted octanol–water partition coefficient (Wildman–Crippen LogP) is 2.44. The number of benzene rings is 1. The van der Waals surface area contributed by atoms with Crippen molar-refractivity contribution >= 4 is 0 Å². The first-order valence-electron chi connectivity index (χ1n) is 6.35. The third-order valence-electron chi connectivity index (χ3n) is 3.49. The van der Waals surface area contributed by atoms with Crippen LogP contribution in [-0.2, 0) is 13.5 Å². The maximum atomic E-state index is 9.57. The molecule has 3 heteroatoms. The lowest BCUT2D eigenvalue weighted by Crippen LogP contribution is -2.09. The summed E-state index contributed by atoms with van der Waals surface area (Å²) in [5.41, 5.74) is 2.49. The molecule has 0 spiro atoms. The van der Waals surface area contributed by atoms with Gasteiger partial charge in [0.15, 0.2) is 0 Å². The van der Waals surface area contributed by atoms with Crippen LogP contribution in [0.2, 0.25) is 0 Å². The molecule has 1 unspecified atom stereocenters. The van der Waals surface area contributed by atoms with Gasteiger partial charge in [-0.05, 0) is 24.5 Å². The maximum Gasteiger partial charge on any atom is 0.108 e. The highest BCUT2D eigenvalue weighted by Crippen LogP contribution is 2.23. The molecule has 96 valence electrons. The maximum absolute atomic E-state index is 9.57. The number of imidazole rings is 1. The lowest BCUT2D eigenvalue weighted by molar-refractivity contribution is 0.258. The number of aliphatic hydroxyl groups is 1. The number of rotatable bonds is 5. The van der Waals surface area contributed by atoms with E-state index in [-0.39, 0.29) is 12.5 Å². The van der Waals surface area contributed by atoms with E-state index in [9.17, 15) is 5.11 Å². The molecule has 1 atom stereocenters. The Morgan fingerprint density at radius 1 is 1.33 bits per heavy atom. The largest absolute Gasteiger partial charge is 0.396 e. The van der Waals surface area contributed by atoms with Gasteiger partial charge >= 0.3 is 0 Å². The van der Waals surface area contributed by atoms with Gasteiger partial charge in [0.05, 0.1) is 0 Å². The summed E-state index contributed by atoms with van der Waals surface area (Å²) in [7, 11) is 2.00. The molecule has 1 heterocycles. The topological polar surface area (TPSA) is 38.1 Å². The Labute approximate surface area is 108 Å². The molecule has 3 nitrogen and oxygen atoms in total. The third kappa shape index (κ3) is 2.79. The minimum absolute atomic E-state index is 0.190. The second-order valence-corrected chi connectivity index (χ2v) is 4.73. The van der Waals surface area contributed by atoms with Crippen LogP contribution in [0.4, 0.5) is 0 Å². The molecule has 0 bridgehead atoms. The molecule has 1 aromatic carbocycles. The minimum atomic E-state index is 0.190. The van der Waals surface area contributed by atoms with E-state index in [1.807, 2.05) is 36.1 Å². The van der Waals surface area contributed by atoms with Crippen LogP contribution in [0.15, 0.2) is 36.7 Å². The Hall–Kier alpha value is -1.61. The van der Waals surface area contributed by atoms with E-state index in [4.69, 9.17) is 0 Å². The van der Waals surface area contributed by atoms with E-state index in [1.165, 1.54) is 11.1 Å². The number of aromatic nitrogens is 2. The van der Waals surface area contributed by atoms with Crippen molar-refractivity contribution in [3.05, 3.63) is 53.6 Å². The van der Waals surface area contributed by atoms with Gasteiger partial charge in [0.25, 0.3) is 0 Å². The van der Waals surface area contributed by atoms with Gasteiger partial charge in [0.1, 0.15) is 5.82 Å². The average Bonchev–Trinajstić information content (AvgIpc) is 2.78. The van der Waals surface area contributed by atoms with Crippen molar-refractivity contribution in [2.45, 2.75) is 25.7 Å². The van der Waals surface area contributed by atoms with Crippen molar-refractivity contribution in [2.75, 3.05) is 6.61 Å². The lowest BCUT2D eigenvalue weighted by Gasteiger charge is -2.16. The Balaban J connectivity index is 2.07. The SMILES string of the molecule is Cc1ccccc1C(CO)CCc1nccn1C. The van der Waals surface area contributed by atoms with E-state index >= 15 is 0 Å². The van der Waals surface area contributed by atoms with Gasteiger partial charge in [-0.1, -0.05) is 24.3 Å². The quantitative estimate of drug-likeness (QED) is 0.877. The van der Waals surface area contributed by atoms with Crippen LogP contribution in [0, 0.1) is 6.92 Å². The summed E-state index contributed by atoms with van der Waals surface area (Å²) in [5, 5.41) is 9.57.